The third-order valence-corrected chi connectivity index (χ3v) is 3.07. The first-order chi connectivity index (χ1) is 8.17. The normalized spacial score (nSPS) is 12.5. The van der Waals surface area contributed by atoms with Gasteiger partial charge in [0.1, 0.15) is 5.82 Å². The molecular weight excluding hydrogens is 210 g/mol. The van der Waals surface area contributed by atoms with Crippen molar-refractivity contribution < 1.29 is 0 Å². The maximum atomic E-state index is 5.93. The molecule has 0 fully saturated rings. The van der Waals surface area contributed by atoms with Crippen molar-refractivity contribution in [3.63, 3.8) is 0 Å². The third kappa shape index (κ3) is 4.73. The molecule has 0 aliphatic carbocycles. The number of pyridine rings is 1. The van der Waals surface area contributed by atoms with Gasteiger partial charge in [-0.25, -0.2) is 4.98 Å². The topological polar surface area (TPSA) is 42.1 Å². The lowest BCUT2D eigenvalue weighted by atomic mass is 10.1. The van der Waals surface area contributed by atoms with Crippen molar-refractivity contribution in [2.75, 3.05) is 18.5 Å². The quantitative estimate of drug-likeness (QED) is 0.790. The van der Waals surface area contributed by atoms with Crippen LogP contribution in [-0.2, 0) is 6.42 Å². The first-order valence-electron chi connectivity index (χ1n) is 6.59. The SMILES string of the molecule is CCCCN(C)c1ccc(CC(N)CC)cn1. The lowest BCUT2D eigenvalue weighted by Crippen LogP contribution is -2.22. The molecule has 0 bridgehead atoms. The van der Waals surface area contributed by atoms with Crippen LogP contribution in [-0.4, -0.2) is 24.6 Å². The van der Waals surface area contributed by atoms with Crippen molar-refractivity contribution in [3.8, 4) is 0 Å². The summed E-state index contributed by atoms with van der Waals surface area (Å²) in [6, 6.07) is 4.48. The number of aromatic nitrogens is 1. The number of anilines is 1. The van der Waals surface area contributed by atoms with E-state index in [1.807, 2.05) is 6.20 Å². The molecule has 2 N–H and O–H groups in total. The lowest BCUT2D eigenvalue weighted by Gasteiger charge is -2.18. The molecule has 96 valence electrons. The number of nitrogens with two attached hydrogens (primary N) is 1. The standard InChI is InChI=1S/C14H25N3/c1-4-6-9-17(3)14-8-7-12(11-16-14)10-13(15)5-2/h7-8,11,13H,4-6,9-10,15H2,1-3H3. The highest BCUT2D eigenvalue weighted by atomic mass is 15.2. The van der Waals surface area contributed by atoms with Crippen molar-refractivity contribution in [2.24, 2.45) is 5.73 Å². The van der Waals surface area contributed by atoms with Crippen LogP contribution >= 0.6 is 0 Å². The molecule has 1 aromatic heterocycles. The Morgan fingerprint density at radius 2 is 2.12 bits per heavy atom. The lowest BCUT2D eigenvalue weighted by molar-refractivity contribution is 0.645. The van der Waals surface area contributed by atoms with E-state index >= 15 is 0 Å². The zero-order chi connectivity index (χ0) is 12.7. The summed E-state index contributed by atoms with van der Waals surface area (Å²) in [7, 11) is 2.09. The summed E-state index contributed by atoms with van der Waals surface area (Å²) in [5, 5.41) is 0. The predicted octanol–water partition coefficient (Wildman–Crippen LogP) is 2.60. The van der Waals surface area contributed by atoms with E-state index in [-0.39, 0.29) is 6.04 Å². The molecule has 0 aliphatic rings. The number of nitrogens with zero attached hydrogens (tertiary/aromatic N) is 2. The molecule has 0 aliphatic heterocycles. The Kier molecular flexibility index (Phi) is 5.98. The van der Waals surface area contributed by atoms with Crippen molar-refractivity contribution in [3.05, 3.63) is 23.9 Å². The summed E-state index contributed by atoms with van der Waals surface area (Å²) in [4.78, 5) is 6.69. The highest BCUT2D eigenvalue weighted by molar-refractivity contribution is 5.38. The molecule has 17 heavy (non-hydrogen) atoms. The van der Waals surface area contributed by atoms with Crippen LogP contribution < -0.4 is 10.6 Å². The summed E-state index contributed by atoms with van der Waals surface area (Å²) in [6.45, 7) is 5.39. The van der Waals surface area contributed by atoms with Gasteiger partial charge in [-0.3, -0.25) is 0 Å². The van der Waals surface area contributed by atoms with Crippen molar-refractivity contribution in [2.45, 2.75) is 45.6 Å². The maximum absolute atomic E-state index is 5.93. The van der Waals surface area contributed by atoms with Gasteiger partial charge < -0.3 is 10.6 Å². The Morgan fingerprint density at radius 1 is 1.35 bits per heavy atom. The van der Waals surface area contributed by atoms with E-state index in [4.69, 9.17) is 5.73 Å². The van der Waals surface area contributed by atoms with Gasteiger partial charge in [-0.05, 0) is 30.9 Å². The van der Waals surface area contributed by atoms with Crippen molar-refractivity contribution >= 4 is 5.82 Å². The number of hydrogen-bond donors (Lipinski definition) is 1. The minimum atomic E-state index is 0.250. The molecule has 1 rings (SSSR count). The smallest absolute Gasteiger partial charge is 0.128 e. The Hall–Kier alpha value is -1.09. The van der Waals surface area contributed by atoms with E-state index in [9.17, 15) is 0 Å². The van der Waals surface area contributed by atoms with Crippen LogP contribution in [0.2, 0.25) is 0 Å². The first-order valence-corrected chi connectivity index (χ1v) is 6.59. The van der Waals surface area contributed by atoms with Gasteiger partial charge >= 0.3 is 0 Å². The zero-order valence-electron chi connectivity index (χ0n) is 11.3. The zero-order valence-corrected chi connectivity index (χ0v) is 11.3. The second kappa shape index (κ2) is 7.28. The molecule has 3 heteroatoms. The molecular formula is C14H25N3. The predicted molar refractivity (Wildman–Crippen MR) is 74.4 cm³/mol. The molecule has 1 aromatic rings. The first kappa shape index (κ1) is 14.0. The fourth-order valence-corrected chi connectivity index (χ4v) is 1.72. The van der Waals surface area contributed by atoms with Crippen LogP contribution in [0.15, 0.2) is 18.3 Å². The van der Waals surface area contributed by atoms with Crippen molar-refractivity contribution in [1.29, 1.82) is 0 Å². The molecule has 1 atom stereocenters. The molecule has 0 amide bonds. The number of rotatable bonds is 7. The van der Waals surface area contributed by atoms with Gasteiger partial charge in [-0.2, -0.15) is 0 Å². The highest BCUT2D eigenvalue weighted by Gasteiger charge is 2.04. The summed E-state index contributed by atoms with van der Waals surface area (Å²) in [5.41, 5.74) is 7.16. The molecule has 0 saturated carbocycles. The molecule has 3 nitrogen and oxygen atoms in total. The Bertz CT molecular complexity index is 308. The van der Waals surface area contributed by atoms with E-state index in [1.54, 1.807) is 0 Å². The monoisotopic (exact) mass is 235 g/mol. The van der Waals surface area contributed by atoms with Crippen LogP contribution in [0.5, 0.6) is 0 Å². The molecule has 0 saturated heterocycles. The van der Waals surface area contributed by atoms with Gasteiger partial charge in [0.15, 0.2) is 0 Å². The average Bonchev–Trinajstić information content (AvgIpc) is 2.36. The average molecular weight is 235 g/mol. The summed E-state index contributed by atoms with van der Waals surface area (Å²) < 4.78 is 0. The number of hydrogen-bond acceptors (Lipinski definition) is 3. The van der Waals surface area contributed by atoms with Gasteiger partial charge in [0.05, 0.1) is 0 Å². The molecule has 1 unspecified atom stereocenters. The van der Waals surface area contributed by atoms with E-state index in [0.29, 0.717) is 0 Å². The summed E-state index contributed by atoms with van der Waals surface area (Å²) in [5.74, 6) is 1.05. The second-order valence-corrected chi connectivity index (χ2v) is 4.67. The van der Waals surface area contributed by atoms with E-state index < -0.39 is 0 Å². The van der Waals surface area contributed by atoms with Crippen LogP contribution in [0.25, 0.3) is 0 Å². The minimum Gasteiger partial charge on any atom is -0.360 e. The molecule has 0 aromatic carbocycles. The second-order valence-electron chi connectivity index (χ2n) is 4.67. The van der Waals surface area contributed by atoms with Crippen LogP contribution in [0, 0.1) is 0 Å². The highest BCUT2D eigenvalue weighted by Crippen LogP contribution is 2.11. The third-order valence-electron chi connectivity index (χ3n) is 3.07. The van der Waals surface area contributed by atoms with Gasteiger partial charge in [0.2, 0.25) is 0 Å². The largest absolute Gasteiger partial charge is 0.360 e. The van der Waals surface area contributed by atoms with Gasteiger partial charge in [0.25, 0.3) is 0 Å². The van der Waals surface area contributed by atoms with E-state index in [2.05, 4.69) is 42.9 Å². The summed E-state index contributed by atoms with van der Waals surface area (Å²) in [6.07, 6.45) is 6.31. The Morgan fingerprint density at radius 3 is 2.65 bits per heavy atom. The Labute approximate surface area is 105 Å². The minimum absolute atomic E-state index is 0.250. The Balaban J connectivity index is 2.54. The van der Waals surface area contributed by atoms with Gasteiger partial charge in [0, 0.05) is 25.8 Å². The van der Waals surface area contributed by atoms with Crippen molar-refractivity contribution in [1.82, 2.24) is 4.98 Å². The maximum Gasteiger partial charge on any atom is 0.128 e. The van der Waals surface area contributed by atoms with Crippen LogP contribution in [0.1, 0.15) is 38.7 Å². The molecule has 0 spiro atoms. The molecule has 0 radical (unpaired) electrons. The summed E-state index contributed by atoms with van der Waals surface area (Å²) >= 11 is 0. The van der Waals surface area contributed by atoms with Gasteiger partial charge in [-0.15, -0.1) is 0 Å². The molecule has 1 heterocycles. The van der Waals surface area contributed by atoms with Gasteiger partial charge in [-0.1, -0.05) is 26.3 Å². The van der Waals surface area contributed by atoms with Crippen LogP contribution in [0.4, 0.5) is 5.82 Å². The fourth-order valence-electron chi connectivity index (χ4n) is 1.72. The fraction of sp³-hybridized carbons (Fsp3) is 0.643. The van der Waals surface area contributed by atoms with E-state index in [0.717, 1.165) is 25.2 Å². The van der Waals surface area contributed by atoms with Crippen LogP contribution in [0.3, 0.4) is 0 Å². The van der Waals surface area contributed by atoms with E-state index in [1.165, 1.54) is 18.4 Å². The number of unbranched alkanes of at least 4 members (excludes halogenated alkanes) is 1.